The molecule has 5 nitrogen and oxygen atoms in total. The smallest absolute Gasteiger partial charge is 0.251 e. The fourth-order valence-corrected chi connectivity index (χ4v) is 5.74. The number of rotatable bonds is 5. The van der Waals surface area contributed by atoms with Crippen molar-refractivity contribution < 1.29 is 13.2 Å². The van der Waals surface area contributed by atoms with E-state index in [1.54, 1.807) is 25.2 Å². The number of hydrogen-bond acceptors (Lipinski definition) is 3. The van der Waals surface area contributed by atoms with Crippen LogP contribution in [-0.2, 0) is 10.0 Å². The third kappa shape index (κ3) is 4.91. The van der Waals surface area contributed by atoms with E-state index in [4.69, 9.17) is 0 Å². The minimum Gasteiger partial charge on any atom is -0.349 e. The molecule has 150 valence electrons. The van der Waals surface area contributed by atoms with Crippen LogP contribution >= 0.6 is 0 Å². The number of carbonyl (C=O) groups is 1. The molecule has 6 heteroatoms. The van der Waals surface area contributed by atoms with E-state index >= 15 is 0 Å². The van der Waals surface area contributed by atoms with Crippen molar-refractivity contribution in [3.8, 4) is 0 Å². The van der Waals surface area contributed by atoms with Crippen molar-refractivity contribution in [2.75, 3.05) is 7.05 Å². The molecule has 0 saturated heterocycles. The average molecular weight is 393 g/mol. The van der Waals surface area contributed by atoms with Crippen LogP contribution in [0.3, 0.4) is 0 Å². The summed E-state index contributed by atoms with van der Waals surface area (Å²) in [4.78, 5) is 12.8. The van der Waals surface area contributed by atoms with Gasteiger partial charge in [-0.25, -0.2) is 8.42 Å². The second-order valence-corrected chi connectivity index (χ2v) is 10.3. The third-order valence-electron chi connectivity index (χ3n) is 6.21. The topological polar surface area (TPSA) is 66.5 Å². The predicted molar refractivity (Wildman–Crippen MR) is 107 cm³/mol. The van der Waals surface area contributed by atoms with Crippen molar-refractivity contribution in [1.29, 1.82) is 0 Å². The number of sulfonamides is 1. The first kappa shape index (κ1) is 20.3. The van der Waals surface area contributed by atoms with Crippen LogP contribution < -0.4 is 5.32 Å². The van der Waals surface area contributed by atoms with E-state index in [1.807, 2.05) is 0 Å². The summed E-state index contributed by atoms with van der Waals surface area (Å²) < 4.78 is 27.6. The molecule has 2 aliphatic rings. The summed E-state index contributed by atoms with van der Waals surface area (Å²) in [6.07, 6.45) is 9.41. The molecule has 0 radical (unpaired) electrons. The Hall–Kier alpha value is -1.40. The standard InChI is InChI=1S/C21H32N2O3S/c1-16-11-13-18(14-12-16)22-21(24)17-7-6-10-20(15-17)27(25,26)23(2)19-8-4-3-5-9-19/h6-7,10,15-16,18-19H,3-5,8-9,11-14H2,1-2H3,(H,22,24). The van der Waals surface area contributed by atoms with E-state index < -0.39 is 10.0 Å². The van der Waals surface area contributed by atoms with Gasteiger partial charge in [0.1, 0.15) is 0 Å². The predicted octanol–water partition coefficient (Wildman–Crippen LogP) is 3.95. The van der Waals surface area contributed by atoms with E-state index in [0.29, 0.717) is 5.56 Å². The van der Waals surface area contributed by atoms with Crippen LogP contribution in [0.5, 0.6) is 0 Å². The Morgan fingerprint density at radius 1 is 1.04 bits per heavy atom. The molecule has 0 bridgehead atoms. The van der Waals surface area contributed by atoms with E-state index in [2.05, 4.69) is 12.2 Å². The zero-order chi connectivity index (χ0) is 19.4. The van der Waals surface area contributed by atoms with Crippen molar-refractivity contribution in [3.05, 3.63) is 29.8 Å². The largest absolute Gasteiger partial charge is 0.349 e. The van der Waals surface area contributed by atoms with Gasteiger partial charge in [0.25, 0.3) is 5.91 Å². The van der Waals surface area contributed by atoms with Gasteiger partial charge in [0, 0.05) is 24.7 Å². The number of nitrogens with one attached hydrogen (secondary N) is 1. The monoisotopic (exact) mass is 392 g/mol. The highest BCUT2D eigenvalue weighted by Gasteiger charge is 2.29. The lowest BCUT2D eigenvalue weighted by atomic mass is 9.87. The van der Waals surface area contributed by atoms with E-state index in [0.717, 1.165) is 57.3 Å². The lowest BCUT2D eigenvalue weighted by molar-refractivity contribution is 0.0923. The molecule has 2 aliphatic carbocycles. The Morgan fingerprint density at radius 3 is 2.37 bits per heavy atom. The van der Waals surface area contributed by atoms with Crippen molar-refractivity contribution in [2.24, 2.45) is 5.92 Å². The Morgan fingerprint density at radius 2 is 1.70 bits per heavy atom. The summed E-state index contributed by atoms with van der Waals surface area (Å²) in [6, 6.07) is 6.73. The normalized spacial score (nSPS) is 24.7. The number of nitrogens with zero attached hydrogens (tertiary/aromatic N) is 1. The summed E-state index contributed by atoms with van der Waals surface area (Å²) in [7, 11) is -1.91. The summed E-state index contributed by atoms with van der Waals surface area (Å²) in [6.45, 7) is 2.25. The maximum atomic E-state index is 13.0. The Balaban J connectivity index is 1.71. The minimum absolute atomic E-state index is 0.0606. The van der Waals surface area contributed by atoms with E-state index in [1.165, 1.54) is 16.8 Å². The molecular formula is C21H32N2O3S. The summed E-state index contributed by atoms with van der Waals surface area (Å²) in [5, 5.41) is 3.08. The second kappa shape index (κ2) is 8.74. The van der Waals surface area contributed by atoms with Crippen LogP contribution in [0.1, 0.15) is 75.1 Å². The second-order valence-electron chi connectivity index (χ2n) is 8.27. The number of amides is 1. The molecule has 2 saturated carbocycles. The molecule has 0 heterocycles. The number of hydrogen-bond donors (Lipinski definition) is 1. The lowest BCUT2D eigenvalue weighted by Crippen LogP contribution is -2.39. The van der Waals surface area contributed by atoms with Crippen LogP contribution in [0.25, 0.3) is 0 Å². The first-order chi connectivity index (χ1) is 12.9. The summed E-state index contributed by atoms with van der Waals surface area (Å²) in [5.41, 5.74) is 0.423. The fraction of sp³-hybridized carbons (Fsp3) is 0.667. The molecule has 0 atom stereocenters. The highest BCUT2D eigenvalue weighted by atomic mass is 32.2. The van der Waals surface area contributed by atoms with Crippen LogP contribution in [-0.4, -0.2) is 37.8 Å². The molecule has 3 rings (SSSR count). The first-order valence-electron chi connectivity index (χ1n) is 10.3. The van der Waals surface area contributed by atoms with Crippen molar-refractivity contribution in [3.63, 3.8) is 0 Å². The maximum Gasteiger partial charge on any atom is 0.251 e. The van der Waals surface area contributed by atoms with Crippen LogP contribution in [0.4, 0.5) is 0 Å². The van der Waals surface area contributed by atoms with Gasteiger partial charge in [0.2, 0.25) is 10.0 Å². The highest BCUT2D eigenvalue weighted by Crippen LogP contribution is 2.27. The third-order valence-corrected chi connectivity index (χ3v) is 8.12. The van der Waals surface area contributed by atoms with E-state index in [9.17, 15) is 13.2 Å². The quantitative estimate of drug-likeness (QED) is 0.825. The maximum absolute atomic E-state index is 13.0. The van der Waals surface area contributed by atoms with Gasteiger partial charge in [0.15, 0.2) is 0 Å². The number of carbonyl (C=O) groups excluding carboxylic acids is 1. The molecule has 1 amide bonds. The molecule has 0 aromatic heterocycles. The van der Waals surface area contributed by atoms with Crippen LogP contribution in [0.15, 0.2) is 29.2 Å². The van der Waals surface area contributed by atoms with Gasteiger partial charge < -0.3 is 5.32 Å². The first-order valence-corrected chi connectivity index (χ1v) is 11.7. The molecule has 1 N–H and O–H groups in total. The van der Waals surface area contributed by atoms with E-state index in [-0.39, 0.29) is 22.9 Å². The van der Waals surface area contributed by atoms with Gasteiger partial charge in [-0.05, 0) is 62.6 Å². The SMILES string of the molecule is CC1CCC(NC(=O)c2cccc(S(=O)(=O)N(C)C3CCCCC3)c2)CC1. The molecule has 1 aromatic rings. The zero-order valence-corrected chi connectivity index (χ0v) is 17.3. The fourth-order valence-electron chi connectivity index (χ4n) is 4.28. The Bertz CT molecular complexity index is 748. The van der Waals surface area contributed by atoms with Gasteiger partial charge in [-0.15, -0.1) is 0 Å². The van der Waals surface area contributed by atoms with Crippen molar-refractivity contribution in [1.82, 2.24) is 9.62 Å². The molecule has 0 unspecified atom stereocenters. The average Bonchev–Trinajstić information content (AvgIpc) is 2.70. The highest BCUT2D eigenvalue weighted by molar-refractivity contribution is 7.89. The van der Waals surface area contributed by atoms with Crippen molar-refractivity contribution in [2.45, 2.75) is 81.7 Å². The Kier molecular flexibility index (Phi) is 6.58. The van der Waals surface area contributed by atoms with Gasteiger partial charge in [-0.1, -0.05) is 32.3 Å². The molecular weight excluding hydrogens is 360 g/mol. The van der Waals surface area contributed by atoms with Gasteiger partial charge >= 0.3 is 0 Å². The summed E-state index contributed by atoms with van der Waals surface area (Å²) in [5.74, 6) is 0.550. The van der Waals surface area contributed by atoms with Gasteiger partial charge in [-0.2, -0.15) is 4.31 Å². The molecule has 27 heavy (non-hydrogen) atoms. The van der Waals surface area contributed by atoms with Crippen LogP contribution in [0.2, 0.25) is 0 Å². The minimum atomic E-state index is -3.58. The van der Waals surface area contributed by atoms with Gasteiger partial charge in [0.05, 0.1) is 4.90 Å². The molecule has 0 aliphatic heterocycles. The summed E-state index contributed by atoms with van der Waals surface area (Å²) >= 11 is 0. The lowest BCUT2D eigenvalue weighted by Gasteiger charge is -2.30. The molecule has 2 fully saturated rings. The van der Waals surface area contributed by atoms with Crippen molar-refractivity contribution >= 4 is 15.9 Å². The zero-order valence-electron chi connectivity index (χ0n) is 16.5. The molecule has 0 spiro atoms. The molecule has 1 aromatic carbocycles. The van der Waals surface area contributed by atoms with Crippen LogP contribution in [0, 0.1) is 5.92 Å². The van der Waals surface area contributed by atoms with Gasteiger partial charge in [-0.3, -0.25) is 4.79 Å². The Labute approximate surface area is 163 Å². The number of benzene rings is 1.